The zero-order valence-electron chi connectivity index (χ0n) is 7.67. The van der Waals surface area contributed by atoms with E-state index in [4.69, 9.17) is 0 Å². The number of rotatable bonds is 3. The molecule has 2 nitrogen and oxygen atoms in total. The van der Waals surface area contributed by atoms with Crippen molar-refractivity contribution in [1.82, 2.24) is 0 Å². The number of methoxy groups -OCH3 is 1. The number of benzene rings is 1. The largest absolute Gasteiger partial charge is 0.468 e. The molecule has 0 aliphatic rings. The van der Waals surface area contributed by atoms with Crippen molar-refractivity contribution in [2.45, 2.75) is 11.2 Å². The van der Waals surface area contributed by atoms with Crippen molar-refractivity contribution in [2.75, 3.05) is 7.11 Å². The first-order valence-corrected chi connectivity index (χ1v) is 5.80. The molecule has 4 heteroatoms. The van der Waals surface area contributed by atoms with Crippen molar-refractivity contribution >= 4 is 37.8 Å². The summed E-state index contributed by atoms with van der Waals surface area (Å²) in [5, 5.41) is 0. The van der Waals surface area contributed by atoms with Gasteiger partial charge in [0.2, 0.25) is 0 Å². The molecule has 0 fully saturated rings. The number of halogens is 2. The van der Waals surface area contributed by atoms with Gasteiger partial charge in [-0.3, -0.25) is 4.79 Å². The molecule has 0 aliphatic carbocycles. The van der Waals surface area contributed by atoms with Gasteiger partial charge in [0.15, 0.2) is 0 Å². The second-order valence-electron chi connectivity index (χ2n) is 2.82. The van der Waals surface area contributed by atoms with Gasteiger partial charge in [-0.2, -0.15) is 0 Å². The van der Waals surface area contributed by atoms with Crippen molar-refractivity contribution in [3.8, 4) is 0 Å². The van der Waals surface area contributed by atoms with Crippen LogP contribution in [0.1, 0.15) is 5.56 Å². The van der Waals surface area contributed by atoms with Gasteiger partial charge in [-0.15, -0.1) is 0 Å². The summed E-state index contributed by atoms with van der Waals surface area (Å²) in [7, 11) is 1.39. The number of esters is 1. The van der Waals surface area contributed by atoms with E-state index in [1.807, 2.05) is 24.3 Å². The predicted octanol–water partition coefficient (Wildman–Crippen LogP) is 2.93. The van der Waals surface area contributed by atoms with Crippen molar-refractivity contribution in [1.29, 1.82) is 0 Å². The standard InChI is InChI=1S/C10H10Br2O2/c1-14-10(13)9(12)6-7-2-4-8(11)5-3-7/h2-5,9H,6H2,1H3/t9-/m1/s1. The van der Waals surface area contributed by atoms with Crippen LogP contribution in [0.5, 0.6) is 0 Å². The van der Waals surface area contributed by atoms with E-state index in [9.17, 15) is 4.79 Å². The van der Waals surface area contributed by atoms with Gasteiger partial charge in [0.05, 0.1) is 7.11 Å². The summed E-state index contributed by atoms with van der Waals surface area (Å²) in [4.78, 5) is 10.8. The van der Waals surface area contributed by atoms with Crippen molar-refractivity contribution in [3.05, 3.63) is 34.3 Å². The number of hydrogen-bond donors (Lipinski definition) is 0. The molecule has 0 unspecified atom stereocenters. The average Bonchev–Trinajstić information content (AvgIpc) is 2.20. The quantitative estimate of drug-likeness (QED) is 0.632. The van der Waals surface area contributed by atoms with E-state index in [0.29, 0.717) is 6.42 Å². The van der Waals surface area contributed by atoms with Crippen molar-refractivity contribution < 1.29 is 9.53 Å². The molecule has 0 amide bonds. The Balaban J connectivity index is 2.60. The van der Waals surface area contributed by atoms with E-state index in [-0.39, 0.29) is 10.8 Å². The van der Waals surface area contributed by atoms with Crippen LogP contribution < -0.4 is 0 Å². The molecule has 1 atom stereocenters. The Morgan fingerprint density at radius 2 is 2.00 bits per heavy atom. The third-order valence-electron chi connectivity index (χ3n) is 1.79. The minimum Gasteiger partial charge on any atom is -0.468 e. The molecule has 1 rings (SSSR count). The lowest BCUT2D eigenvalue weighted by Crippen LogP contribution is -2.17. The summed E-state index contributed by atoms with van der Waals surface area (Å²) in [5.74, 6) is -0.243. The van der Waals surface area contributed by atoms with E-state index >= 15 is 0 Å². The Morgan fingerprint density at radius 3 is 2.50 bits per heavy atom. The third-order valence-corrected chi connectivity index (χ3v) is 3.01. The molecule has 76 valence electrons. The molecule has 0 saturated heterocycles. The van der Waals surface area contributed by atoms with Gasteiger partial charge >= 0.3 is 5.97 Å². The molecule has 0 aliphatic heterocycles. The Bertz CT molecular complexity index is 308. The van der Waals surface area contributed by atoms with Crippen LogP contribution in [0.25, 0.3) is 0 Å². The van der Waals surface area contributed by atoms with E-state index in [0.717, 1.165) is 10.0 Å². The maximum Gasteiger partial charge on any atom is 0.319 e. The highest BCUT2D eigenvalue weighted by Gasteiger charge is 2.15. The molecule has 0 bridgehead atoms. The Labute approximate surface area is 99.9 Å². The molecule has 0 saturated carbocycles. The Hall–Kier alpha value is -0.350. The van der Waals surface area contributed by atoms with Crippen LogP contribution in [0.3, 0.4) is 0 Å². The Kier molecular flexibility index (Phi) is 4.62. The predicted molar refractivity (Wildman–Crippen MR) is 62.6 cm³/mol. The zero-order chi connectivity index (χ0) is 10.6. The fraction of sp³-hybridized carbons (Fsp3) is 0.300. The van der Waals surface area contributed by atoms with E-state index in [1.54, 1.807) is 0 Å². The average molecular weight is 322 g/mol. The van der Waals surface area contributed by atoms with Crippen molar-refractivity contribution in [2.24, 2.45) is 0 Å². The maximum absolute atomic E-state index is 11.1. The van der Waals surface area contributed by atoms with Crippen LogP contribution in [0.15, 0.2) is 28.7 Å². The van der Waals surface area contributed by atoms with E-state index in [1.165, 1.54) is 7.11 Å². The van der Waals surface area contributed by atoms with Gasteiger partial charge in [0.25, 0.3) is 0 Å². The van der Waals surface area contributed by atoms with Crippen LogP contribution in [0, 0.1) is 0 Å². The van der Waals surface area contributed by atoms with Crippen LogP contribution in [-0.2, 0) is 16.0 Å². The summed E-state index contributed by atoms with van der Waals surface area (Å²) < 4.78 is 5.65. The number of alkyl halides is 1. The summed E-state index contributed by atoms with van der Waals surface area (Å²) >= 11 is 6.62. The molecular weight excluding hydrogens is 312 g/mol. The van der Waals surface area contributed by atoms with Gasteiger partial charge in [0, 0.05) is 4.47 Å². The summed E-state index contributed by atoms with van der Waals surface area (Å²) in [6, 6.07) is 7.85. The minimum atomic E-state index is -0.270. The summed E-state index contributed by atoms with van der Waals surface area (Å²) in [6.45, 7) is 0. The summed E-state index contributed by atoms with van der Waals surface area (Å²) in [6.07, 6.45) is 0.639. The molecule has 0 N–H and O–H groups in total. The minimum absolute atomic E-state index is 0.243. The number of carbonyl (C=O) groups excluding carboxylic acids is 1. The number of ether oxygens (including phenoxy) is 1. The molecular formula is C10H10Br2O2. The van der Waals surface area contributed by atoms with Crippen LogP contribution in [0.4, 0.5) is 0 Å². The van der Waals surface area contributed by atoms with Crippen LogP contribution >= 0.6 is 31.9 Å². The van der Waals surface area contributed by atoms with Crippen LogP contribution in [-0.4, -0.2) is 17.9 Å². The zero-order valence-corrected chi connectivity index (χ0v) is 10.8. The number of carbonyl (C=O) groups is 1. The molecule has 1 aromatic rings. The number of hydrogen-bond acceptors (Lipinski definition) is 2. The fourth-order valence-corrected chi connectivity index (χ4v) is 1.86. The topological polar surface area (TPSA) is 26.3 Å². The molecule has 0 heterocycles. The smallest absolute Gasteiger partial charge is 0.319 e. The lowest BCUT2D eigenvalue weighted by atomic mass is 10.1. The van der Waals surface area contributed by atoms with Gasteiger partial charge in [-0.25, -0.2) is 0 Å². The first kappa shape index (κ1) is 11.7. The first-order chi connectivity index (χ1) is 6.63. The highest BCUT2D eigenvalue weighted by atomic mass is 79.9. The highest BCUT2D eigenvalue weighted by molar-refractivity contribution is 9.10. The normalized spacial score (nSPS) is 12.2. The maximum atomic E-state index is 11.1. The molecule has 0 radical (unpaired) electrons. The van der Waals surface area contributed by atoms with Gasteiger partial charge in [-0.05, 0) is 24.1 Å². The highest BCUT2D eigenvalue weighted by Crippen LogP contribution is 2.15. The molecule has 1 aromatic carbocycles. The fourth-order valence-electron chi connectivity index (χ4n) is 1.04. The lowest BCUT2D eigenvalue weighted by molar-refractivity contribution is -0.139. The monoisotopic (exact) mass is 320 g/mol. The summed E-state index contributed by atoms with van der Waals surface area (Å²) in [5.41, 5.74) is 1.10. The first-order valence-electron chi connectivity index (χ1n) is 4.10. The van der Waals surface area contributed by atoms with Gasteiger partial charge < -0.3 is 4.74 Å². The molecule has 0 aromatic heterocycles. The van der Waals surface area contributed by atoms with Gasteiger partial charge in [-0.1, -0.05) is 44.0 Å². The second kappa shape index (κ2) is 5.51. The van der Waals surface area contributed by atoms with E-state index in [2.05, 4.69) is 36.6 Å². The Morgan fingerprint density at radius 1 is 1.43 bits per heavy atom. The molecule has 0 spiro atoms. The van der Waals surface area contributed by atoms with Crippen molar-refractivity contribution in [3.63, 3.8) is 0 Å². The molecule has 14 heavy (non-hydrogen) atoms. The third kappa shape index (κ3) is 3.42. The van der Waals surface area contributed by atoms with Crippen LogP contribution in [0.2, 0.25) is 0 Å². The van der Waals surface area contributed by atoms with Gasteiger partial charge in [0.1, 0.15) is 4.83 Å². The lowest BCUT2D eigenvalue weighted by Gasteiger charge is -2.07. The van der Waals surface area contributed by atoms with E-state index < -0.39 is 0 Å². The SMILES string of the molecule is COC(=O)[C@H](Br)Cc1ccc(Br)cc1. The second-order valence-corrected chi connectivity index (χ2v) is 4.84.